The van der Waals surface area contributed by atoms with Gasteiger partial charge in [-0.1, -0.05) is 42.0 Å². The summed E-state index contributed by atoms with van der Waals surface area (Å²) < 4.78 is 41.1. The Balaban J connectivity index is 1.45. The number of thioether (sulfide) groups is 1. The van der Waals surface area contributed by atoms with Crippen LogP contribution >= 0.6 is 11.8 Å². The first-order chi connectivity index (χ1) is 19.4. The summed E-state index contributed by atoms with van der Waals surface area (Å²) in [4.78, 5) is 26.4. The van der Waals surface area contributed by atoms with Crippen LogP contribution < -0.4 is 9.62 Å². The van der Waals surface area contributed by atoms with Crippen molar-refractivity contribution in [2.45, 2.75) is 23.6 Å². The lowest BCUT2D eigenvalue weighted by atomic mass is 10.0. The molecule has 0 aromatic heterocycles. The van der Waals surface area contributed by atoms with Gasteiger partial charge in [-0.15, -0.1) is 11.8 Å². The fourth-order valence-electron chi connectivity index (χ4n) is 4.21. The maximum absolute atomic E-state index is 13.2. The summed E-state index contributed by atoms with van der Waals surface area (Å²) in [6.07, 6.45) is 0. The van der Waals surface area contributed by atoms with Crippen molar-refractivity contribution in [3.05, 3.63) is 118 Å². The van der Waals surface area contributed by atoms with E-state index in [1.807, 2.05) is 30.7 Å². The van der Waals surface area contributed by atoms with Gasteiger partial charge in [-0.2, -0.15) is 0 Å². The monoisotopic (exact) mass is 593 g/mol. The number of sulfonamides is 1. The number of carbonyl (C=O) groups is 1. The number of nitrogens with zero attached hydrogens (tertiary/aromatic N) is 2. The molecule has 1 N–H and O–H groups in total. The fraction of sp³-hybridized carbons (Fsp3) is 0.167. The fourth-order valence-corrected chi connectivity index (χ4v) is 6.24. The molecule has 1 amide bonds. The molecule has 0 aliphatic carbocycles. The molecule has 4 rings (SSSR count). The molecule has 0 spiro atoms. The van der Waals surface area contributed by atoms with Gasteiger partial charge in [0.25, 0.3) is 21.6 Å². The maximum atomic E-state index is 13.2. The summed E-state index contributed by atoms with van der Waals surface area (Å²) in [5.41, 5.74) is 3.72. The Labute approximate surface area is 242 Å². The number of hydrogen-bond donors (Lipinski definition) is 1. The number of anilines is 1. The van der Waals surface area contributed by atoms with Crippen molar-refractivity contribution >= 4 is 39.1 Å². The maximum Gasteiger partial charge on any atom is 0.293 e. The van der Waals surface area contributed by atoms with Crippen molar-refractivity contribution < 1.29 is 22.5 Å². The van der Waals surface area contributed by atoms with E-state index in [1.165, 1.54) is 42.0 Å². The number of nitro benzene ring substituents is 1. The summed E-state index contributed by atoms with van der Waals surface area (Å²) in [5.74, 6) is -0.599. The van der Waals surface area contributed by atoms with E-state index in [-0.39, 0.29) is 22.8 Å². The summed E-state index contributed by atoms with van der Waals surface area (Å²) in [5, 5.41) is 11.9. The Morgan fingerprint density at radius 3 is 2.20 bits per heavy atom. The Bertz CT molecular complexity index is 1690. The van der Waals surface area contributed by atoms with E-state index < -0.39 is 25.7 Å². The van der Waals surface area contributed by atoms with Gasteiger partial charge in [-0.3, -0.25) is 14.9 Å². The molecule has 0 aliphatic rings. The van der Waals surface area contributed by atoms with Crippen molar-refractivity contribution in [1.82, 2.24) is 4.72 Å². The van der Waals surface area contributed by atoms with E-state index in [0.29, 0.717) is 17.9 Å². The molecule has 11 heteroatoms. The third-order valence-electron chi connectivity index (χ3n) is 6.43. The number of halogens is 1. The van der Waals surface area contributed by atoms with Gasteiger partial charge in [0, 0.05) is 35.9 Å². The highest BCUT2D eigenvalue weighted by Gasteiger charge is 2.25. The molecule has 4 aromatic carbocycles. The quantitative estimate of drug-likeness (QED) is 0.129. The largest absolute Gasteiger partial charge is 0.368 e. The van der Waals surface area contributed by atoms with Crippen molar-refractivity contribution in [2.75, 3.05) is 24.2 Å². The first-order valence-corrected chi connectivity index (χ1v) is 15.0. The van der Waals surface area contributed by atoms with Crippen molar-refractivity contribution in [1.29, 1.82) is 0 Å². The predicted molar refractivity (Wildman–Crippen MR) is 159 cm³/mol. The zero-order valence-electron chi connectivity index (χ0n) is 22.6. The minimum atomic E-state index is -4.40. The molecule has 8 nitrogen and oxygen atoms in total. The van der Waals surface area contributed by atoms with Crippen LogP contribution in [-0.2, 0) is 10.0 Å². The number of benzene rings is 4. The smallest absolute Gasteiger partial charge is 0.293 e. The Morgan fingerprint density at radius 1 is 0.951 bits per heavy atom. The molecule has 0 radical (unpaired) electrons. The van der Waals surface area contributed by atoms with Gasteiger partial charge >= 0.3 is 0 Å². The molecular weight excluding hydrogens is 565 g/mol. The Hall–Kier alpha value is -4.22. The molecule has 0 saturated carbocycles. The number of rotatable bonds is 10. The number of aryl methyl sites for hydroxylation is 2. The third-order valence-corrected chi connectivity index (χ3v) is 8.92. The summed E-state index contributed by atoms with van der Waals surface area (Å²) in [6.45, 7) is 4.54. The van der Waals surface area contributed by atoms with Crippen LogP contribution in [0.4, 0.5) is 15.8 Å². The highest BCUT2D eigenvalue weighted by Crippen LogP contribution is 2.31. The first kappa shape index (κ1) is 29.8. The van der Waals surface area contributed by atoms with E-state index in [1.54, 1.807) is 48.0 Å². The molecule has 212 valence electrons. The zero-order chi connectivity index (χ0) is 29.7. The highest BCUT2D eigenvalue weighted by molar-refractivity contribution is 7.99. The molecule has 0 bridgehead atoms. The molecule has 0 saturated heterocycles. The van der Waals surface area contributed by atoms with Crippen LogP contribution in [0.25, 0.3) is 11.1 Å². The number of hydrogen-bond acceptors (Lipinski definition) is 7. The second-order valence-corrected chi connectivity index (χ2v) is 12.3. The van der Waals surface area contributed by atoms with Crippen LogP contribution in [0.15, 0.2) is 94.7 Å². The van der Waals surface area contributed by atoms with Gasteiger partial charge in [0.05, 0.1) is 9.82 Å². The Kier molecular flexibility index (Phi) is 9.09. The molecule has 0 atom stereocenters. The second-order valence-electron chi connectivity index (χ2n) is 9.47. The van der Waals surface area contributed by atoms with E-state index >= 15 is 0 Å². The van der Waals surface area contributed by atoms with Gasteiger partial charge in [-0.25, -0.2) is 17.5 Å². The van der Waals surface area contributed by atoms with Crippen LogP contribution in [0.5, 0.6) is 0 Å². The summed E-state index contributed by atoms with van der Waals surface area (Å²) in [7, 11) is -2.70. The molecule has 0 unspecified atom stereocenters. The van der Waals surface area contributed by atoms with Crippen molar-refractivity contribution in [3.8, 4) is 11.1 Å². The normalized spacial score (nSPS) is 11.2. The van der Waals surface area contributed by atoms with Gasteiger partial charge in [0.1, 0.15) is 11.5 Å². The van der Waals surface area contributed by atoms with Crippen LogP contribution in [0.3, 0.4) is 0 Å². The lowest BCUT2D eigenvalue weighted by Gasteiger charge is -2.20. The Morgan fingerprint density at radius 2 is 1.59 bits per heavy atom. The van der Waals surface area contributed by atoms with E-state index in [0.717, 1.165) is 22.1 Å². The molecule has 4 aromatic rings. The van der Waals surface area contributed by atoms with Crippen molar-refractivity contribution in [3.63, 3.8) is 0 Å². The first-order valence-electron chi connectivity index (χ1n) is 12.6. The highest BCUT2D eigenvalue weighted by atomic mass is 32.2. The average molecular weight is 594 g/mol. The molecule has 0 heterocycles. The number of amides is 1. The summed E-state index contributed by atoms with van der Waals surface area (Å²) >= 11 is 1.64. The molecule has 0 fully saturated rings. The zero-order valence-corrected chi connectivity index (χ0v) is 24.3. The lowest BCUT2D eigenvalue weighted by molar-refractivity contribution is -0.384. The number of carbonyl (C=O) groups excluding carboxylic acids is 1. The predicted octanol–water partition coefficient (Wildman–Crippen LogP) is 6.36. The number of nitrogens with one attached hydrogen (secondary N) is 1. The van der Waals surface area contributed by atoms with E-state index in [4.69, 9.17) is 0 Å². The molecular formula is C30H28FN3O5S2. The van der Waals surface area contributed by atoms with Crippen LogP contribution in [-0.4, -0.2) is 38.6 Å². The van der Waals surface area contributed by atoms with E-state index in [2.05, 4.69) is 6.07 Å². The lowest BCUT2D eigenvalue weighted by Crippen LogP contribution is -2.30. The number of nitro groups is 1. The second kappa shape index (κ2) is 12.5. The molecule has 41 heavy (non-hydrogen) atoms. The SMILES string of the molecule is Cc1ccc(SCCN(C)c2ccc(S(=O)(=O)NC(=O)c3ccc(-c4ccc(F)cc4)cc3)cc2[N+](=O)[O-])c(C)c1. The standard InChI is InChI=1S/C30H28FN3O5S2/c1-20-4-15-29(21(2)18-20)40-17-16-33(3)27-14-13-26(19-28(27)34(36)37)41(38,39)32-30(35)24-7-5-22(6-8-24)23-9-11-25(31)12-10-23/h4-15,18-19H,16-17H2,1-3H3,(H,32,35). The van der Waals surface area contributed by atoms with Gasteiger partial charge in [-0.05, 0) is 73.0 Å². The minimum absolute atomic E-state index is 0.0756. The van der Waals surface area contributed by atoms with Gasteiger partial charge < -0.3 is 4.90 Å². The van der Waals surface area contributed by atoms with E-state index in [9.17, 15) is 27.7 Å². The summed E-state index contributed by atoms with van der Waals surface area (Å²) in [6, 6.07) is 21.7. The minimum Gasteiger partial charge on any atom is -0.368 e. The van der Waals surface area contributed by atoms with Crippen LogP contribution in [0, 0.1) is 29.8 Å². The van der Waals surface area contributed by atoms with Crippen LogP contribution in [0.1, 0.15) is 21.5 Å². The van der Waals surface area contributed by atoms with Gasteiger partial charge in [0.2, 0.25) is 0 Å². The average Bonchev–Trinajstić information content (AvgIpc) is 2.94. The third kappa shape index (κ3) is 7.30. The van der Waals surface area contributed by atoms with Crippen LogP contribution in [0.2, 0.25) is 0 Å². The van der Waals surface area contributed by atoms with Gasteiger partial charge in [0.15, 0.2) is 0 Å². The topological polar surface area (TPSA) is 110 Å². The van der Waals surface area contributed by atoms with Crippen molar-refractivity contribution in [2.24, 2.45) is 0 Å². The molecule has 0 aliphatic heterocycles.